The fourth-order valence-corrected chi connectivity index (χ4v) is 2.14. The highest BCUT2D eigenvalue weighted by molar-refractivity contribution is 9.10. The summed E-state index contributed by atoms with van der Waals surface area (Å²) in [6.45, 7) is 2.48. The highest BCUT2D eigenvalue weighted by Crippen LogP contribution is 2.20. The molecule has 1 aromatic rings. The summed E-state index contributed by atoms with van der Waals surface area (Å²) >= 11 is 3.20. The molecular formula is C11H11BrN2O2. The fraction of sp³-hybridized carbons (Fsp3) is 0.364. The Morgan fingerprint density at radius 2 is 2.38 bits per heavy atom. The van der Waals surface area contributed by atoms with Crippen LogP contribution in [-0.4, -0.2) is 28.2 Å². The molecule has 16 heavy (non-hydrogen) atoms. The molecule has 0 spiro atoms. The maximum Gasteiger partial charge on any atom is 0.260 e. The standard InChI is InChI=1S/C11H11BrN2O2/c1-7-4-10(15)14(6-7)11(16)8-2-3-13-9(12)5-8/h2-3,5,7H,4,6H2,1H3. The van der Waals surface area contributed by atoms with E-state index in [9.17, 15) is 9.59 Å². The Balaban J connectivity index is 2.23. The third-order valence-corrected chi connectivity index (χ3v) is 2.97. The number of hydrogen-bond donors (Lipinski definition) is 0. The molecule has 0 N–H and O–H groups in total. The predicted octanol–water partition coefficient (Wildman–Crippen LogP) is 1.85. The van der Waals surface area contributed by atoms with Gasteiger partial charge in [-0.1, -0.05) is 6.92 Å². The number of carbonyl (C=O) groups excluding carboxylic acids is 2. The molecule has 1 saturated heterocycles. The van der Waals surface area contributed by atoms with Crippen molar-refractivity contribution in [2.45, 2.75) is 13.3 Å². The van der Waals surface area contributed by atoms with Crippen molar-refractivity contribution in [3.05, 3.63) is 28.5 Å². The van der Waals surface area contributed by atoms with Crippen LogP contribution in [0.3, 0.4) is 0 Å². The highest BCUT2D eigenvalue weighted by Gasteiger charge is 2.31. The van der Waals surface area contributed by atoms with Crippen molar-refractivity contribution in [3.8, 4) is 0 Å². The van der Waals surface area contributed by atoms with E-state index in [1.54, 1.807) is 18.3 Å². The van der Waals surface area contributed by atoms with Gasteiger partial charge in [0.25, 0.3) is 5.91 Å². The molecular weight excluding hydrogens is 272 g/mol. The number of rotatable bonds is 1. The normalized spacial score (nSPS) is 20.2. The van der Waals surface area contributed by atoms with Gasteiger partial charge in [-0.3, -0.25) is 14.5 Å². The van der Waals surface area contributed by atoms with Gasteiger partial charge in [0.1, 0.15) is 4.60 Å². The molecule has 0 aromatic carbocycles. The first-order valence-electron chi connectivity index (χ1n) is 5.04. The highest BCUT2D eigenvalue weighted by atomic mass is 79.9. The summed E-state index contributed by atoms with van der Waals surface area (Å²) in [7, 11) is 0. The first-order valence-corrected chi connectivity index (χ1v) is 5.83. The van der Waals surface area contributed by atoms with E-state index in [2.05, 4.69) is 20.9 Å². The summed E-state index contributed by atoms with van der Waals surface area (Å²) in [6.07, 6.45) is 2.00. The molecule has 84 valence electrons. The Labute approximate surface area is 102 Å². The van der Waals surface area contributed by atoms with Gasteiger partial charge in [-0.05, 0) is 34.0 Å². The third-order valence-electron chi connectivity index (χ3n) is 2.54. The molecule has 1 aromatic heterocycles. The van der Waals surface area contributed by atoms with Crippen molar-refractivity contribution in [3.63, 3.8) is 0 Å². The molecule has 0 radical (unpaired) electrons. The van der Waals surface area contributed by atoms with Crippen molar-refractivity contribution >= 4 is 27.7 Å². The molecule has 0 saturated carbocycles. The van der Waals surface area contributed by atoms with Crippen molar-refractivity contribution in [1.82, 2.24) is 9.88 Å². The molecule has 2 amide bonds. The number of hydrogen-bond acceptors (Lipinski definition) is 3. The van der Waals surface area contributed by atoms with E-state index >= 15 is 0 Å². The molecule has 5 heteroatoms. The van der Waals surface area contributed by atoms with Gasteiger partial charge in [0, 0.05) is 24.7 Å². The Morgan fingerprint density at radius 3 is 2.94 bits per heavy atom. The Morgan fingerprint density at radius 1 is 1.62 bits per heavy atom. The summed E-state index contributed by atoms with van der Waals surface area (Å²) in [6, 6.07) is 3.24. The quantitative estimate of drug-likeness (QED) is 0.584. The topological polar surface area (TPSA) is 50.3 Å². The van der Waals surface area contributed by atoms with E-state index in [0.717, 1.165) is 0 Å². The molecule has 1 aliphatic rings. The molecule has 0 bridgehead atoms. The first kappa shape index (κ1) is 11.3. The van der Waals surface area contributed by atoms with Crippen LogP contribution in [0.1, 0.15) is 23.7 Å². The monoisotopic (exact) mass is 282 g/mol. The zero-order valence-electron chi connectivity index (χ0n) is 8.81. The SMILES string of the molecule is CC1CC(=O)N(C(=O)c2ccnc(Br)c2)C1. The van der Waals surface area contributed by atoms with E-state index in [4.69, 9.17) is 0 Å². The Kier molecular flexibility index (Phi) is 3.05. The molecule has 1 atom stereocenters. The third kappa shape index (κ3) is 2.14. The van der Waals surface area contributed by atoms with E-state index < -0.39 is 0 Å². The summed E-state index contributed by atoms with van der Waals surface area (Å²) in [4.78, 5) is 28.8. The number of carbonyl (C=O) groups is 2. The molecule has 0 aliphatic carbocycles. The lowest BCUT2D eigenvalue weighted by molar-refractivity contribution is -0.125. The van der Waals surface area contributed by atoms with E-state index in [-0.39, 0.29) is 17.7 Å². The fourth-order valence-electron chi connectivity index (χ4n) is 1.77. The summed E-state index contributed by atoms with van der Waals surface area (Å²) in [5, 5.41) is 0. The summed E-state index contributed by atoms with van der Waals surface area (Å²) in [5.74, 6) is -0.0791. The molecule has 2 heterocycles. The zero-order chi connectivity index (χ0) is 11.7. The van der Waals surface area contributed by atoms with Crippen LogP contribution in [0.4, 0.5) is 0 Å². The second-order valence-corrected chi connectivity index (χ2v) is 4.80. The number of aromatic nitrogens is 1. The molecule has 1 fully saturated rings. The average Bonchev–Trinajstić information content (AvgIpc) is 2.57. The second-order valence-electron chi connectivity index (χ2n) is 3.99. The largest absolute Gasteiger partial charge is 0.278 e. The zero-order valence-corrected chi connectivity index (χ0v) is 10.4. The Bertz CT molecular complexity index is 447. The maximum absolute atomic E-state index is 12.0. The van der Waals surface area contributed by atoms with Crippen LogP contribution in [-0.2, 0) is 4.79 Å². The van der Waals surface area contributed by atoms with Crippen LogP contribution in [0.25, 0.3) is 0 Å². The number of amides is 2. The van der Waals surface area contributed by atoms with Crippen LogP contribution in [0.15, 0.2) is 22.9 Å². The van der Waals surface area contributed by atoms with E-state index in [1.807, 2.05) is 6.92 Å². The second kappa shape index (κ2) is 4.33. The Hall–Kier alpha value is -1.23. The lowest BCUT2D eigenvalue weighted by Crippen LogP contribution is -2.32. The van der Waals surface area contributed by atoms with Crippen LogP contribution in [0, 0.1) is 5.92 Å². The van der Waals surface area contributed by atoms with Crippen molar-refractivity contribution in [2.75, 3.05) is 6.54 Å². The van der Waals surface area contributed by atoms with Gasteiger partial charge in [-0.15, -0.1) is 0 Å². The molecule has 1 aliphatic heterocycles. The van der Waals surface area contributed by atoms with Gasteiger partial charge in [-0.25, -0.2) is 4.98 Å². The van der Waals surface area contributed by atoms with Gasteiger partial charge < -0.3 is 0 Å². The summed E-state index contributed by atoms with van der Waals surface area (Å²) < 4.78 is 0.595. The molecule has 1 unspecified atom stereocenters. The van der Waals surface area contributed by atoms with Crippen molar-refractivity contribution in [2.24, 2.45) is 5.92 Å². The first-order chi connectivity index (χ1) is 7.58. The summed E-state index contributed by atoms with van der Waals surface area (Å²) in [5.41, 5.74) is 0.490. The van der Waals surface area contributed by atoms with Crippen LogP contribution < -0.4 is 0 Å². The van der Waals surface area contributed by atoms with Crippen molar-refractivity contribution < 1.29 is 9.59 Å². The molecule has 4 nitrogen and oxygen atoms in total. The van der Waals surface area contributed by atoms with Crippen LogP contribution >= 0.6 is 15.9 Å². The van der Waals surface area contributed by atoms with Gasteiger partial charge in [0.2, 0.25) is 5.91 Å². The number of pyridine rings is 1. The van der Waals surface area contributed by atoms with Crippen LogP contribution in [0.2, 0.25) is 0 Å². The number of likely N-dealkylation sites (tertiary alicyclic amines) is 1. The predicted molar refractivity (Wildman–Crippen MR) is 61.8 cm³/mol. The minimum absolute atomic E-state index is 0.0922. The molecule has 2 rings (SSSR count). The number of nitrogens with zero attached hydrogens (tertiary/aromatic N) is 2. The van der Waals surface area contributed by atoms with Crippen molar-refractivity contribution in [1.29, 1.82) is 0 Å². The average molecular weight is 283 g/mol. The van der Waals surface area contributed by atoms with Gasteiger partial charge in [0.05, 0.1) is 0 Å². The minimum Gasteiger partial charge on any atom is -0.278 e. The van der Waals surface area contributed by atoms with E-state index in [0.29, 0.717) is 23.1 Å². The smallest absolute Gasteiger partial charge is 0.260 e. The van der Waals surface area contributed by atoms with Gasteiger partial charge >= 0.3 is 0 Å². The van der Waals surface area contributed by atoms with Crippen LogP contribution in [0.5, 0.6) is 0 Å². The van der Waals surface area contributed by atoms with Gasteiger partial charge in [0.15, 0.2) is 0 Å². The minimum atomic E-state index is -0.238. The maximum atomic E-state index is 12.0. The lowest BCUT2D eigenvalue weighted by Gasteiger charge is -2.13. The number of imide groups is 1. The number of halogens is 1. The van der Waals surface area contributed by atoms with Gasteiger partial charge in [-0.2, -0.15) is 0 Å². The lowest BCUT2D eigenvalue weighted by atomic mass is 10.2. The van der Waals surface area contributed by atoms with E-state index in [1.165, 1.54) is 4.90 Å².